The van der Waals surface area contributed by atoms with Gasteiger partial charge in [0.25, 0.3) is 5.69 Å². The van der Waals surface area contributed by atoms with Crippen LogP contribution in [0.4, 0.5) is 17.5 Å². The summed E-state index contributed by atoms with van der Waals surface area (Å²) in [5, 5.41) is 18.3. The van der Waals surface area contributed by atoms with E-state index in [0.29, 0.717) is 23.9 Å². The monoisotopic (exact) mass is 362 g/mol. The highest BCUT2D eigenvalue weighted by molar-refractivity contribution is 5.85. The second kappa shape index (κ2) is 8.52. The number of para-hydroxylation sites is 1. The lowest BCUT2D eigenvalue weighted by molar-refractivity contribution is -0.385. The summed E-state index contributed by atoms with van der Waals surface area (Å²) in [4.78, 5) is 19.3. The highest BCUT2D eigenvalue weighted by Crippen LogP contribution is 2.16. The summed E-state index contributed by atoms with van der Waals surface area (Å²) < 4.78 is 0. The number of hydrogen-bond donors (Lipinski definition) is 2. The number of anilines is 2. The molecule has 0 unspecified atom stereocenters. The van der Waals surface area contributed by atoms with Crippen LogP contribution in [0.1, 0.15) is 16.8 Å². The molecule has 136 valence electrons. The molecule has 0 bridgehead atoms. The predicted octanol–water partition coefficient (Wildman–Crippen LogP) is 3.75. The van der Waals surface area contributed by atoms with Crippen molar-refractivity contribution in [1.82, 2.24) is 9.97 Å². The summed E-state index contributed by atoms with van der Waals surface area (Å²) in [6.45, 7) is 2.45. The minimum absolute atomic E-state index is 0.00728. The van der Waals surface area contributed by atoms with Crippen LogP contribution in [-0.2, 0) is 6.54 Å². The number of hydrogen-bond acceptors (Lipinski definition) is 7. The fourth-order valence-corrected chi connectivity index (χ4v) is 2.41. The quantitative estimate of drug-likeness (QED) is 0.377. The molecule has 0 spiro atoms. The van der Waals surface area contributed by atoms with Crippen molar-refractivity contribution < 1.29 is 4.92 Å². The summed E-state index contributed by atoms with van der Waals surface area (Å²) in [5.74, 6) is 0.968. The third kappa shape index (κ3) is 5.08. The van der Waals surface area contributed by atoms with Gasteiger partial charge in [-0.1, -0.05) is 42.5 Å². The number of rotatable bonds is 7. The predicted molar refractivity (Wildman–Crippen MR) is 105 cm³/mol. The van der Waals surface area contributed by atoms with Crippen molar-refractivity contribution in [3.63, 3.8) is 0 Å². The van der Waals surface area contributed by atoms with Crippen molar-refractivity contribution in [3.8, 4) is 0 Å². The minimum atomic E-state index is -0.443. The molecule has 1 aromatic heterocycles. The van der Waals surface area contributed by atoms with Crippen LogP contribution in [-0.4, -0.2) is 21.1 Å². The molecule has 0 amide bonds. The smallest absolute Gasteiger partial charge is 0.278 e. The number of aryl methyl sites for hydroxylation is 1. The van der Waals surface area contributed by atoms with E-state index in [1.54, 1.807) is 24.3 Å². The molecule has 0 aliphatic carbocycles. The molecular weight excluding hydrogens is 344 g/mol. The Labute approximate surface area is 156 Å². The SMILES string of the molecule is Cc1cc(N/N=C/c2ccccc2[N+](=O)[O-])nc(NCc2ccccc2)n1. The molecule has 0 fully saturated rings. The third-order valence-electron chi connectivity index (χ3n) is 3.66. The van der Waals surface area contributed by atoms with E-state index in [0.717, 1.165) is 11.3 Å². The normalized spacial score (nSPS) is 10.7. The first-order chi connectivity index (χ1) is 13.1. The van der Waals surface area contributed by atoms with Gasteiger partial charge in [0.15, 0.2) is 5.82 Å². The zero-order valence-corrected chi connectivity index (χ0v) is 14.7. The number of nitrogens with zero attached hydrogens (tertiary/aromatic N) is 4. The van der Waals surface area contributed by atoms with Gasteiger partial charge in [0.05, 0.1) is 16.7 Å². The first kappa shape index (κ1) is 18.0. The fraction of sp³-hybridized carbons (Fsp3) is 0.105. The fourth-order valence-electron chi connectivity index (χ4n) is 2.41. The molecule has 0 radical (unpaired) electrons. The Morgan fingerprint density at radius 2 is 1.85 bits per heavy atom. The highest BCUT2D eigenvalue weighted by atomic mass is 16.6. The maximum Gasteiger partial charge on any atom is 0.278 e. The maximum absolute atomic E-state index is 11.0. The Bertz CT molecular complexity index is 959. The standard InChI is InChI=1S/C19H18N6O2/c1-14-11-18(23-19(22-14)20-12-15-7-3-2-4-8-15)24-21-13-16-9-5-6-10-17(16)25(26)27/h2-11,13H,12H2,1H3,(H2,20,22,23,24)/b21-13+. The van der Waals surface area contributed by atoms with E-state index in [1.807, 2.05) is 37.3 Å². The summed E-state index contributed by atoms with van der Waals surface area (Å²) in [6.07, 6.45) is 1.40. The van der Waals surface area contributed by atoms with Crippen molar-refractivity contribution in [2.75, 3.05) is 10.7 Å². The third-order valence-corrected chi connectivity index (χ3v) is 3.66. The molecule has 8 heteroatoms. The second-order valence-corrected chi connectivity index (χ2v) is 5.74. The van der Waals surface area contributed by atoms with Crippen LogP contribution in [0.25, 0.3) is 0 Å². The van der Waals surface area contributed by atoms with Gasteiger partial charge >= 0.3 is 0 Å². The molecule has 2 aromatic carbocycles. The van der Waals surface area contributed by atoms with Crippen LogP contribution in [0.3, 0.4) is 0 Å². The van der Waals surface area contributed by atoms with Gasteiger partial charge in [0, 0.05) is 24.4 Å². The molecule has 2 N–H and O–H groups in total. The molecule has 0 aliphatic rings. The van der Waals surface area contributed by atoms with E-state index < -0.39 is 4.92 Å². The maximum atomic E-state index is 11.0. The van der Waals surface area contributed by atoms with Gasteiger partial charge < -0.3 is 5.32 Å². The minimum Gasteiger partial charge on any atom is -0.350 e. The molecule has 27 heavy (non-hydrogen) atoms. The number of hydrazone groups is 1. The van der Waals surface area contributed by atoms with E-state index >= 15 is 0 Å². The van der Waals surface area contributed by atoms with Gasteiger partial charge in [-0.2, -0.15) is 10.1 Å². The van der Waals surface area contributed by atoms with E-state index in [-0.39, 0.29) is 5.69 Å². The van der Waals surface area contributed by atoms with Crippen molar-refractivity contribution in [2.24, 2.45) is 5.10 Å². The molecular formula is C19H18N6O2. The second-order valence-electron chi connectivity index (χ2n) is 5.74. The van der Waals surface area contributed by atoms with Crippen molar-refractivity contribution in [3.05, 3.63) is 87.6 Å². The number of benzene rings is 2. The molecule has 0 aliphatic heterocycles. The summed E-state index contributed by atoms with van der Waals surface area (Å²) in [5.41, 5.74) is 5.08. The van der Waals surface area contributed by atoms with E-state index in [2.05, 4.69) is 25.8 Å². The lowest BCUT2D eigenvalue weighted by Gasteiger charge is -2.08. The average molecular weight is 362 g/mol. The van der Waals surface area contributed by atoms with Gasteiger partial charge in [-0.25, -0.2) is 4.98 Å². The number of nitro groups is 1. The van der Waals surface area contributed by atoms with Crippen LogP contribution >= 0.6 is 0 Å². The van der Waals surface area contributed by atoms with Gasteiger partial charge in [-0.3, -0.25) is 15.5 Å². The van der Waals surface area contributed by atoms with Crippen molar-refractivity contribution >= 4 is 23.7 Å². The highest BCUT2D eigenvalue weighted by Gasteiger charge is 2.10. The Hall–Kier alpha value is -3.81. The Kier molecular flexibility index (Phi) is 5.68. The average Bonchev–Trinajstić information content (AvgIpc) is 2.67. The number of nitrogens with one attached hydrogen (secondary N) is 2. The molecule has 8 nitrogen and oxygen atoms in total. The largest absolute Gasteiger partial charge is 0.350 e. The zero-order chi connectivity index (χ0) is 19.1. The Morgan fingerprint density at radius 3 is 2.63 bits per heavy atom. The van der Waals surface area contributed by atoms with Crippen LogP contribution in [0, 0.1) is 17.0 Å². The van der Waals surface area contributed by atoms with Crippen molar-refractivity contribution in [2.45, 2.75) is 13.5 Å². The lowest BCUT2D eigenvalue weighted by atomic mass is 10.2. The van der Waals surface area contributed by atoms with E-state index in [9.17, 15) is 10.1 Å². The lowest BCUT2D eigenvalue weighted by Crippen LogP contribution is -2.06. The molecule has 1 heterocycles. The summed E-state index contributed by atoms with van der Waals surface area (Å²) in [7, 11) is 0. The van der Waals surface area contributed by atoms with Crippen LogP contribution in [0.2, 0.25) is 0 Å². The number of aromatic nitrogens is 2. The first-order valence-corrected chi connectivity index (χ1v) is 8.28. The number of nitro benzene ring substituents is 1. The Balaban J connectivity index is 1.69. The zero-order valence-electron chi connectivity index (χ0n) is 14.7. The van der Waals surface area contributed by atoms with Crippen LogP contribution < -0.4 is 10.7 Å². The van der Waals surface area contributed by atoms with Gasteiger partial charge in [-0.05, 0) is 18.6 Å². The van der Waals surface area contributed by atoms with E-state index in [1.165, 1.54) is 12.3 Å². The molecule has 0 saturated heterocycles. The van der Waals surface area contributed by atoms with Gasteiger partial charge in [-0.15, -0.1) is 0 Å². The van der Waals surface area contributed by atoms with E-state index in [4.69, 9.17) is 0 Å². The molecule has 0 atom stereocenters. The van der Waals surface area contributed by atoms with Gasteiger partial charge in [0.2, 0.25) is 5.95 Å². The van der Waals surface area contributed by atoms with Crippen LogP contribution in [0.5, 0.6) is 0 Å². The molecule has 0 saturated carbocycles. The first-order valence-electron chi connectivity index (χ1n) is 8.28. The summed E-state index contributed by atoms with van der Waals surface area (Å²) >= 11 is 0. The van der Waals surface area contributed by atoms with Crippen LogP contribution in [0.15, 0.2) is 65.8 Å². The molecule has 3 aromatic rings. The Morgan fingerprint density at radius 1 is 1.11 bits per heavy atom. The molecule has 3 rings (SSSR count). The summed E-state index contributed by atoms with van der Waals surface area (Å²) in [6, 6.07) is 18.1. The van der Waals surface area contributed by atoms with Gasteiger partial charge in [0.1, 0.15) is 0 Å². The topological polar surface area (TPSA) is 105 Å². The van der Waals surface area contributed by atoms with Crippen molar-refractivity contribution in [1.29, 1.82) is 0 Å².